The van der Waals surface area contributed by atoms with Crippen molar-refractivity contribution < 1.29 is 19.3 Å². The number of nitro groups is 1. The predicted octanol–water partition coefficient (Wildman–Crippen LogP) is 4.20. The second kappa shape index (κ2) is 12.6. The topological polar surface area (TPSA) is 118 Å². The lowest BCUT2D eigenvalue weighted by atomic mass is 10.1. The molecular weight excluding hydrogens is 388 g/mol. The molecule has 9 nitrogen and oxygen atoms in total. The van der Waals surface area contributed by atoms with Crippen molar-refractivity contribution in [3.8, 4) is 6.07 Å². The maximum atomic E-state index is 10.9. The van der Waals surface area contributed by atoms with E-state index in [1.807, 2.05) is 24.8 Å². The zero-order valence-corrected chi connectivity index (χ0v) is 17.4. The second-order valence-corrected chi connectivity index (χ2v) is 5.60. The van der Waals surface area contributed by atoms with Crippen molar-refractivity contribution in [3.05, 3.63) is 64.2 Å². The Kier molecular flexibility index (Phi) is 10.2. The normalized spacial score (nSPS) is 10.3. The summed E-state index contributed by atoms with van der Waals surface area (Å²) in [5.41, 5.74) is 2.01. The first-order chi connectivity index (χ1) is 14.5. The summed E-state index contributed by atoms with van der Waals surface area (Å²) in [5.74, 6) is -0.617. The number of carbonyl (C=O) groups is 1. The number of benzene rings is 2. The van der Waals surface area contributed by atoms with Crippen molar-refractivity contribution in [2.45, 2.75) is 20.8 Å². The molecule has 0 saturated carbocycles. The quantitative estimate of drug-likeness (QED) is 0.276. The van der Waals surface area contributed by atoms with Gasteiger partial charge in [-0.3, -0.25) is 10.1 Å². The minimum atomic E-state index is -0.617. The molecule has 0 heterocycles. The molecule has 158 valence electrons. The van der Waals surface area contributed by atoms with E-state index in [4.69, 9.17) is 4.74 Å². The zero-order valence-electron chi connectivity index (χ0n) is 17.4. The summed E-state index contributed by atoms with van der Waals surface area (Å²) in [6, 6.07) is 14.9. The number of hydrogen-bond donors (Lipinski definition) is 0. The number of methoxy groups -OCH3 is 1. The van der Waals surface area contributed by atoms with E-state index in [1.165, 1.54) is 19.1 Å². The van der Waals surface area contributed by atoms with Gasteiger partial charge in [0.1, 0.15) is 6.07 Å². The smallest absolute Gasteiger partial charge is 0.332 e. The number of carbonyl (C=O) groups excluding carboxylic acids is 1. The Labute approximate surface area is 175 Å². The van der Waals surface area contributed by atoms with Gasteiger partial charge in [0.25, 0.3) is 5.69 Å². The molecule has 0 unspecified atom stereocenters. The number of non-ortho nitro benzene ring substituents is 1. The Morgan fingerprint density at radius 1 is 1.13 bits per heavy atom. The Hall–Kier alpha value is -3.77. The fourth-order valence-electron chi connectivity index (χ4n) is 2.39. The lowest BCUT2D eigenvalue weighted by Crippen LogP contribution is -2.22. The van der Waals surface area contributed by atoms with Gasteiger partial charge in [0.15, 0.2) is 5.71 Å². The van der Waals surface area contributed by atoms with Gasteiger partial charge in [-0.05, 0) is 36.4 Å². The molecule has 0 aliphatic heterocycles. The van der Waals surface area contributed by atoms with Crippen molar-refractivity contribution in [2.75, 3.05) is 25.2 Å². The van der Waals surface area contributed by atoms with Gasteiger partial charge < -0.3 is 14.5 Å². The highest BCUT2D eigenvalue weighted by Gasteiger charge is 2.13. The molecule has 0 spiro atoms. The third-order valence-corrected chi connectivity index (χ3v) is 3.72. The molecule has 9 heteroatoms. The summed E-state index contributed by atoms with van der Waals surface area (Å²) in [7, 11) is 1.59. The standard InChI is InChI=1S/C19H18N4O5.C2H6/c1-14(24)28-21-19(13-20)15-3-5-16(6-4-15)22(11-12-27-2)17-7-9-18(10-8-17)23(25)26;1-2/h3-10H,11-12H2,1-2H3;1-2H3/b21-19+;. The average Bonchev–Trinajstić information content (AvgIpc) is 2.77. The van der Waals surface area contributed by atoms with Crippen LogP contribution in [0.25, 0.3) is 0 Å². The van der Waals surface area contributed by atoms with Crippen LogP contribution in [0.15, 0.2) is 53.7 Å². The van der Waals surface area contributed by atoms with Crippen LogP contribution >= 0.6 is 0 Å². The maximum absolute atomic E-state index is 10.9. The molecule has 0 aromatic heterocycles. The van der Waals surface area contributed by atoms with E-state index in [0.717, 1.165) is 11.4 Å². The number of ether oxygens (including phenoxy) is 1. The molecule has 0 saturated heterocycles. The van der Waals surface area contributed by atoms with Crippen molar-refractivity contribution in [1.82, 2.24) is 0 Å². The molecule has 0 bridgehead atoms. The lowest BCUT2D eigenvalue weighted by molar-refractivity contribution is -0.384. The molecule has 2 rings (SSSR count). The van der Waals surface area contributed by atoms with Crippen molar-refractivity contribution in [2.24, 2.45) is 5.16 Å². The van der Waals surface area contributed by atoms with Crippen LogP contribution in [0, 0.1) is 21.4 Å². The Morgan fingerprint density at radius 3 is 2.10 bits per heavy atom. The minimum absolute atomic E-state index is 0.00568. The molecule has 0 radical (unpaired) electrons. The summed E-state index contributed by atoms with van der Waals surface area (Å²) < 4.78 is 5.15. The Bertz CT molecular complexity index is 902. The van der Waals surface area contributed by atoms with Crippen LogP contribution < -0.4 is 4.90 Å². The number of nitro benzene ring substituents is 1. The van der Waals surface area contributed by atoms with Crippen LogP contribution in [-0.2, 0) is 14.4 Å². The predicted molar refractivity (Wildman–Crippen MR) is 114 cm³/mol. The van der Waals surface area contributed by atoms with Gasteiger partial charge in [-0.15, -0.1) is 0 Å². The van der Waals surface area contributed by atoms with E-state index in [2.05, 4.69) is 9.99 Å². The fraction of sp³-hybridized carbons (Fsp3) is 0.286. The van der Waals surface area contributed by atoms with Gasteiger partial charge in [0.05, 0.1) is 11.5 Å². The molecule has 0 amide bonds. The van der Waals surface area contributed by atoms with Crippen LogP contribution in [0.4, 0.5) is 17.1 Å². The Balaban J connectivity index is 0.00000218. The molecule has 0 fully saturated rings. The first kappa shape index (κ1) is 24.3. The first-order valence-corrected chi connectivity index (χ1v) is 9.23. The number of oxime groups is 1. The number of rotatable bonds is 8. The maximum Gasteiger partial charge on any atom is 0.332 e. The molecule has 2 aromatic rings. The van der Waals surface area contributed by atoms with E-state index >= 15 is 0 Å². The van der Waals surface area contributed by atoms with Crippen LogP contribution in [0.5, 0.6) is 0 Å². The number of nitrogens with zero attached hydrogens (tertiary/aromatic N) is 4. The molecule has 0 atom stereocenters. The largest absolute Gasteiger partial charge is 0.383 e. The zero-order chi connectivity index (χ0) is 22.5. The third-order valence-electron chi connectivity index (χ3n) is 3.72. The van der Waals surface area contributed by atoms with Gasteiger partial charge in [-0.25, -0.2) is 4.79 Å². The van der Waals surface area contributed by atoms with Crippen LogP contribution in [0.3, 0.4) is 0 Å². The van der Waals surface area contributed by atoms with Crippen LogP contribution in [0.1, 0.15) is 26.3 Å². The van der Waals surface area contributed by atoms with Gasteiger partial charge in [0.2, 0.25) is 0 Å². The van der Waals surface area contributed by atoms with E-state index < -0.39 is 10.9 Å². The van der Waals surface area contributed by atoms with Crippen LogP contribution in [0.2, 0.25) is 0 Å². The van der Waals surface area contributed by atoms with E-state index in [9.17, 15) is 20.2 Å². The van der Waals surface area contributed by atoms with Gasteiger partial charge >= 0.3 is 5.97 Å². The summed E-state index contributed by atoms with van der Waals surface area (Å²) in [5, 5.41) is 23.6. The number of anilines is 2. The summed E-state index contributed by atoms with van der Waals surface area (Å²) in [6.45, 7) is 6.15. The molecule has 0 N–H and O–H groups in total. The highest BCUT2D eigenvalue weighted by atomic mass is 16.7. The third kappa shape index (κ3) is 7.00. The van der Waals surface area contributed by atoms with Crippen LogP contribution in [-0.4, -0.2) is 36.9 Å². The highest BCUT2D eigenvalue weighted by molar-refractivity contribution is 6.11. The number of nitriles is 1. The summed E-state index contributed by atoms with van der Waals surface area (Å²) >= 11 is 0. The second-order valence-electron chi connectivity index (χ2n) is 5.60. The van der Waals surface area contributed by atoms with Gasteiger partial charge in [0, 0.05) is 49.6 Å². The highest BCUT2D eigenvalue weighted by Crippen LogP contribution is 2.27. The van der Waals surface area contributed by atoms with Crippen molar-refractivity contribution in [3.63, 3.8) is 0 Å². The molecule has 0 aliphatic carbocycles. The van der Waals surface area contributed by atoms with Gasteiger partial charge in [-0.2, -0.15) is 5.26 Å². The summed E-state index contributed by atoms with van der Waals surface area (Å²) in [4.78, 5) is 27.7. The van der Waals surface area contributed by atoms with Crippen molar-refractivity contribution in [1.29, 1.82) is 5.26 Å². The Morgan fingerprint density at radius 2 is 1.67 bits per heavy atom. The van der Waals surface area contributed by atoms with Crippen molar-refractivity contribution >= 4 is 28.7 Å². The molecular formula is C21H24N4O5. The fourth-order valence-corrected chi connectivity index (χ4v) is 2.39. The molecule has 30 heavy (non-hydrogen) atoms. The average molecular weight is 412 g/mol. The van der Waals surface area contributed by atoms with Gasteiger partial charge in [-0.1, -0.05) is 19.0 Å². The number of hydrogen-bond acceptors (Lipinski definition) is 8. The van der Waals surface area contributed by atoms with E-state index in [-0.39, 0.29) is 11.4 Å². The molecule has 0 aliphatic rings. The minimum Gasteiger partial charge on any atom is -0.383 e. The summed E-state index contributed by atoms with van der Waals surface area (Å²) in [6.07, 6.45) is 0. The first-order valence-electron chi connectivity index (χ1n) is 9.23. The van der Waals surface area contributed by atoms with E-state index in [1.54, 1.807) is 43.5 Å². The monoisotopic (exact) mass is 412 g/mol. The molecule has 2 aromatic carbocycles. The SMILES string of the molecule is CC.COCCN(c1ccc(/C(C#N)=N/OC(C)=O)cc1)c1ccc([N+](=O)[O-])cc1. The van der Waals surface area contributed by atoms with E-state index in [0.29, 0.717) is 18.7 Å². The lowest BCUT2D eigenvalue weighted by Gasteiger charge is -2.24.